The van der Waals surface area contributed by atoms with Crippen molar-refractivity contribution in [1.29, 1.82) is 0 Å². The summed E-state index contributed by atoms with van der Waals surface area (Å²) in [5.74, 6) is -0.180. The molecule has 0 atom stereocenters. The number of anilines is 2. The molecular formula is C21H22Cl3N3O2. The van der Waals surface area contributed by atoms with Gasteiger partial charge in [0, 0.05) is 37.7 Å². The molecule has 0 aliphatic carbocycles. The fourth-order valence-corrected chi connectivity index (χ4v) is 3.88. The average Bonchev–Trinajstić information content (AvgIpc) is 2.69. The molecule has 0 bridgehead atoms. The van der Waals surface area contributed by atoms with Gasteiger partial charge in [0.15, 0.2) is 0 Å². The topological polar surface area (TPSA) is 52.7 Å². The van der Waals surface area contributed by atoms with E-state index in [0.29, 0.717) is 52.5 Å². The molecule has 2 amide bonds. The van der Waals surface area contributed by atoms with E-state index in [1.165, 1.54) is 6.07 Å². The van der Waals surface area contributed by atoms with Crippen molar-refractivity contribution in [2.24, 2.45) is 5.92 Å². The monoisotopic (exact) mass is 453 g/mol. The molecule has 29 heavy (non-hydrogen) atoms. The van der Waals surface area contributed by atoms with Gasteiger partial charge in [-0.15, -0.1) is 0 Å². The Morgan fingerprint density at radius 1 is 0.931 bits per heavy atom. The predicted octanol–water partition coefficient (Wildman–Crippen LogP) is 5.20. The van der Waals surface area contributed by atoms with Gasteiger partial charge in [-0.25, -0.2) is 0 Å². The van der Waals surface area contributed by atoms with Crippen LogP contribution in [0.5, 0.6) is 0 Å². The Bertz CT molecular complexity index is 925. The van der Waals surface area contributed by atoms with Gasteiger partial charge in [-0.2, -0.15) is 0 Å². The Hall–Kier alpha value is -1.95. The number of hydrogen-bond donors (Lipinski definition) is 1. The molecule has 0 radical (unpaired) electrons. The van der Waals surface area contributed by atoms with E-state index in [-0.39, 0.29) is 17.7 Å². The van der Waals surface area contributed by atoms with Crippen LogP contribution < -0.4 is 10.2 Å². The maximum absolute atomic E-state index is 12.7. The second-order valence-electron chi connectivity index (χ2n) is 7.19. The number of halogens is 3. The Kier molecular flexibility index (Phi) is 6.93. The summed E-state index contributed by atoms with van der Waals surface area (Å²) in [7, 11) is 0. The van der Waals surface area contributed by atoms with Crippen LogP contribution in [0.25, 0.3) is 0 Å². The molecule has 2 aromatic carbocycles. The second-order valence-corrected chi connectivity index (χ2v) is 8.41. The number of carbonyl (C=O) groups excluding carboxylic acids is 2. The van der Waals surface area contributed by atoms with Gasteiger partial charge in [-0.1, -0.05) is 54.7 Å². The minimum absolute atomic E-state index is 0.0251. The quantitative estimate of drug-likeness (QED) is 0.690. The minimum atomic E-state index is -0.305. The van der Waals surface area contributed by atoms with E-state index in [1.807, 2.05) is 24.8 Å². The number of nitrogens with zero attached hydrogens (tertiary/aromatic N) is 2. The zero-order valence-electron chi connectivity index (χ0n) is 16.2. The molecule has 0 saturated carbocycles. The van der Waals surface area contributed by atoms with Gasteiger partial charge < -0.3 is 15.1 Å². The molecule has 2 aromatic rings. The summed E-state index contributed by atoms with van der Waals surface area (Å²) in [5, 5.41) is 4.16. The lowest BCUT2D eigenvalue weighted by Crippen LogP contribution is -2.50. The SMILES string of the molecule is CC(C)C(=O)N1CCN(c2c(Cl)cccc2NC(=O)c2ccc(Cl)c(Cl)c2)CC1. The Balaban J connectivity index is 1.78. The van der Waals surface area contributed by atoms with Gasteiger partial charge in [0.1, 0.15) is 0 Å². The maximum Gasteiger partial charge on any atom is 0.255 e. The first-order valence-electron chi connectivity index (χ1n) is 9.36. The maximum atomic E-state index is 12.7. The zero-order chi connectivity index (χ0) is 21.1. The highest BCUT2D eigenvalue weighted by molar-refractivity contribution is 6.42. The summed E-state index contributed by atoms with van der Waals surface area (Å²) in [5.41, 5.74) is 1.76. The average molecular weight is 455 g/mol. The van der Waals surface area contributed by atoms with Crippen LogP contribution in [-0.4, -0.2) is 42.9 Å². The molecule has 154 valence electrons. The third kappa shape index (κ3) is 4.97. The van der Waals surface area contributed by atoms with Crippen LogP contribution in [0, 0.1) is 5.92 Å². The molecule has 1 saturated heterocycles. The molecule has 1 aliphatic heterocycles. The van der Waals surface area contributed by atoms with Crippen molar-refractivity contribution < 1.29 is 9.59 Å². The lowest BCUT2D eigenvalue weighted by molar-refractivity contribution is -0.134. The standard InChI is InChI=1S/C21H22Cl3N3O2/c1-13(2)21(29)27-10-8-26(9-11-27)19-16(23)4-3-5-18(19)25-20(28)14-6-7-15(22)17(24)12-14/h3-7,12-13H,8-11H2,1-2H3,(H,25,28). The van der Waals surface area contributed by atoms with Crippen molar-refractivity contribution in [3.05, 3.63) is 57.0 Å². The molecule has 1 heterocycles. The smallest absolute Gasteiger partial charge is 0.255 e. The highest BCUT2D eigenvalue weighted by Crippen LogP contribution is 2.35. The lowest BCUT2D eigenvalue weighted by Gasteiger charge is -2.38. The molecular weight excluding hydrogens is 433 g/mol. The van der Waals surface area contributed by atoms with Crippen molar-refractivity contribution in [3.8, 4) is 0 Å². The minimum Gasteiger partial charge on any atom is -0.365 e. The van der Waals surface area contributed by atoms with Crippen LogP contribution in [-0.2, 0) is 4.79 Å². The fourth-order valence-electron chi connectivity index (χ4n) is 3.29. The van der Waals surface area contributed by atoms with E-state index in [1.54, 1.807) is 24.3 Å². The number of hydrogen-bond acceptors (Lipinski definition) is 3. The molecule has 8 heteroatoms. The number of amides is 2. The predicted molar refractivity (Wildman–Crippen MR) is 119 cm³/mol. The molecule has 0 aromatic heterocycles. The zero-order valence-corrected chi connectivity index (χ0v) is 18.5. The fraction of sp³-hybridized carbons (Fsp3) is 0.333. The normalized spacial score (nSPS) is 14.3. The number of para-hydroxylation sites is 1. The van der Waals surface area contributed by atoms with Crippen molar-refractivity contribution in [1.82, 2.24) is 4.90 Å². The van der Waals surface area contributed by atoms with Crippen LogP contribution in [0.1, 0.15) is 24.2 Å². The van der Waals surface area contributed by atoms with E-state index >= 15 is 0 Å². The summed E-state index contributed by atoms with van der Waals surface area (Å²) in [4.78, 5) is 28.9. The summed E-state index contributed by atoms with van der Waals surface area (Å²) < 4.78 is 0. The third-order valence-electron chi connectivity index (χ3n) is 4.82. The van der Waals surface area contributed by atoms with Crippen LogP contribution in [0.2, 0.25) is 15.1 Å². The Labute approximate surface area is 185 Å². The van der Waals surface area contributed by atoms with Crippen LogP contribution in [0.15, 0.2) is 36.4 Å². The molecule has 1 fully saturated rings. The highest BCUT2D eigenvalue weighted by Gasteiger charge is 2.25. The first kappa shape index (κ1) is 21.8. The second kappa shape index (κ2) is 9.24. The van der Waals surface area contributed by atoms with Gasteiger partial charge in [-0.05, 0) is 30.3 Å². The van der Waals surface area contributed by atoms with Gasteiger partial charge in [0.05, 0.1) is 26.4 Å². The number of carbonyl (C=O) groups is 2. The Morgan fingerprint density at radius 3 is 2.24 bits per heavy atom. The number of nitrogens with one attached hydrogen (secondary N) is 1. The number of rotatable bonds is 4. The lowest BCUT2D eigenvalue weighted by atomic mass is 10.1. The summed E-state index contributed by atoms with van der Waals surface area (Å²) in [6, 6.07) is 10.1. The van der Waals surface area contributed by atoms with E-state index < -0.39 is 0 Å². The summed E-state index contributed by atoms with van der Waals surface area (Å²) in [6.07, 6.45) is 0. The van der Waals surface area contributed by atoms with E-state index in [2.05, 4.69) is 10.2 Å². The molecule has 3 rings (SSSR count). The van der Waals surface area contributed by atoms with E-state index in [9.17, 15) is 9.59 Å². The van der Waals surface area contributed by atoms with Gasteiger partial charge in [-0.3, -0.25) is 9.59 Å². The number of benzene rings is 2. The van der Waals surface area contributed by atoms with Gasteiger partial charge in [0.2, 0.25) is 5.91 Å². The van der Waals surface area contributed by atoms with Crippen LogP contribution in [0.4, 0.5) is 11.4 Å². The highest BCUT2D eigenvalue weighted by atomic mass is 35.5. The molecule has 1 N–H and O–H groups in total. The third-order valence-corrected chi connectivity index (χ3v) is 5.86. The first-order valence-corrected chi connectivity index (χ1v) is 10.5. The van der Waals surface area contributed by atoms with Gasteiger partial charge in [0.25, 0.3) is 5.91 Å². The van der Waals surface area contributed by atoms with E-state index in [0.717, 1.165) is 5.69 Å². The number of piperazine rings is 1. The molecule has 5 nitrogen and oxygen atoms in total. The van der Waals surface area contributed by atoms with Crippen LogP contribution in [0.3, 0.4) is 0 Å². The largest absolute Gasteiger partial charge is 0.365 e. The summed E-state index contributed by atoms with van der Waals surface area (Å²) >= 11 is 18.4. The molecule has 1 aliphatic rings. The van der Waals surface area contributed by atoms with E-state index in [4.69, 9.17) is 34.8 Å². The van der Waals surface area contributed by atoms with Crippen molar-refractivity contribution in [2.45, 2.75) is 13.8 Å². The first-order chi connectivity index (χ1) is 13.8. The van der Waals surface area contributed by atoms with Crippen molar-refractivity contribution in [3.63, 3.8) is 0 Å². The van der Waals surface area contributed by atoms with Crippen molar-refractivity contribution in [2.75, 3.05) is 36.4 Å². The Morgan fingerprint density at radius 2 is 1.62 bits per heavy atom. The van der Waals surface area contributed by atoms with Crippen molar-refractivity contribution >= 4 is 58.0 Å². The van der Waals surface area contributed by atoms with Gasteiger partial charge >= 0.3 is 0 Å². The molecule has 0 spiro atoms. The molecule has 0 unspecified atom stereocenters. The summed E-state index contributed by atoms with van der Waals surface area (Å²) in [6.45, 7) is 6.30. The van der Waals surface area contributed by atoms with Crippen LogP contribution >= 0.6 is 34.8 Å².